The van der Waals surface area contributed by atoms with Crippen molar-refractivity contribution in [3.05, 3.63) is 95.1 Å². The topological polar surface area (TPSA) is 216 Å². The van der Waals surface area contributed by atoms with E-state index < -0.39 is 32.4 Å². The maximum Gasteiger partial charge on any atom is 0.394 e. The SMILES string of the molecule is O=C1OC(c2ccc(O)cc2)(c2ccc(O)cc2)c2ccccc21.O=S(=O)(O)O.O=S(=O)(O)O. The number of cyclic esters (lactones) is 1. The van der Waals surface area contributed by atoms with Gasteiger partial charge in [-0.15, -0.1) is 0 Å². The van der Waals surface area contributed by atoms with Gasteiger partial charge in [0.15, 0.2) is 5.60 Å². The number of phenols is 2. The number of ether oxygens (including phenoxy) is 1. The zero-order chi connectivity index (χ0) is 25.7. The number of hydrogen-bond acceptors (Lipinski definition) is 8. The molecule has 0 fully saturated rings. The Bertz CT molecular complexity index is 1270. The van der Waals surface area contributed by atoms with Gasteiger partial charge in [0.2, 0.25) is 0 Å². The summed E-state index contributed by atoms with van der Waals surface area (Å²) in [7, 11) is -9.33. The lowest BCUT2D eigenvalue weighted by Gasteiger charge is -2.30. The molecule has 14 heteroatoms. The van der Waals surface area contributed by atoms with Crippen LogP contribution in [0.3, 0.4) is 0 Å². The minimum absolute atomic E-state index is 0.136. The van der Waals surface area contributed by atoms with Crippen LogP contribution in [-0.4, -0.2) is 51.2 Å². The summed E-state index contributed by atoms with van der Waals surface area (Å²) in [6.45, 7) is 0. The molecule has 0 amide bonds. The number of hydrogen-bond donors (Lipinski definition) is 6. The van der Waals surface area contributed by atoms with Gasteiger partial charge in [0.1, 0.15) is 11.5 Å². The summed E-state index contributed by atoms with van der Waals surface area (Å²) in [6.07, 6.45) is 0. The highest BCUT2D eigenvalue weighted by molar-refractivity contribution is 7.80. The molecule has 0 saturated heterocycles. The summed E-state index contributed by atoms with van der Waals surface area (Å²) in [6, 6.07) is 20.4. The van der Waals surface area contributed by atoms with E-state index in [1.165, 1.54) is 0 Å². The number of rotatable bonds is 2. The van der Waals surface area contributed by atoms with E-state index in [4.69, 9.17) is 39.8 Å². The summed E-state index contributed by atoms with van der Waals surface area (Å²) in [5.41, 5.74) is 1.60. The number of phenolic OH excluding ortho intramolecular Hbond substituents is 2. The van der Waals surface area contributed by atoms with Crippen LogP contribution in [0.5, 0.6) is 11.5 Å². The van der Waals surface area contributed by atoms with E-state index in [1.807, 2.05) is 12.1 Å². The molecule has 0 aromatic heterocycles. The molecule has 1 heterocycles. The Morgan fingerprint density at radius 1 is 0.618 bits per heavy atom. The quantitative estimate of drug-likeness (QED) is 0.214. The molecule has 1 aliphatic rings. The van der Waals surface area contributed by atoms with Gasteiger partial charge < -0.3 is 14.9 Å². The van der Waals surface area contributed by atoms with Gasteiger partial charge in [0, 0.05) is 16.7 Å². The van der Waals surface area contributed by atoms with Gasteiger partial charge in [0.05, 0.1) is 5.56 Å². The third-order valence-corrected chi connectivity index (χ3v) is 4.32. The van der Waals surface area contributed by atoms with Gasteiger partial charge in [-0.05, 0) is 30.3 Å². The van der Waals surface area contributed by atoms with E-state index in [9.17, 15) is 15.0 Å². The molecule has 182 valence electrons. The van der Waals surface area contributed by atoms with E-state index in [2.05, 4.69) is 0 Å². The molecule has 0 atom stereocenters. The van der Waals surface area contributed by atoms with Crippen molar-refractivity contribution >= 4 is 26.8 Å². The Hall–Kier alpha value is -3.53. The Balaban J connectivity index is 0.000000347. The van der Waals surface area contributed by atoms with Crippen molar-refractivity contribution in [2.75, 3.05) is 0 Å². The van der Waals surface area contributed by atoms with Crippen molar-refractivity contribution in [1.82, 2.24) is 0 Å². The summed E-state index contributed by atoms with van der Waals surface area (Å²) >= 11 is 0. The van der Waals surface area contributed by atoms with Crippen LogP contribution in [0.4, 0.5) is 0 Å². The second kappa shape index (κ2) is 10.2. The van der Waals surface area contributed by atoms with Crippen LogP contribution in [-0.2, 0) is 31.1 Å². The second-order valence-corrected chi connectivity index (χ2v) is 8.40. The van der Waals surface area contributed by atoms with Crippen molar-refractivity contribution in [3.63, 3.8) is 0 Å². The maximum atomic E-state index is 12.4. The predicted octanol–water partition coefficient (Wildman–Crippen LogP) is 2.25. The van der Waals surface area contributed by atoms with Crippen molar-refractivity contribution in [2.24, 2.45) is 0 Å². The van der Waals surface area contributed by atoms with Gasteiger partial charge in [-0.1, -0.05) is 42.5 Å². The normalized spacial score (nSPS) is 13.9. The number of aromatic hydroxyl groups is 2. The lowest BCUT2D eigenvalue weighted by atomic mass is 9.80. The highest BCUT2D eigenvalue weighted by Gasteiger charge is 2.48. The van der Waals surface area contributed by atoms with Crippen molar-refractivity contribution < 1.29 is 54.8 Å². The lowest BCUT2D eigenvalue weighted by Crippen LogP contribution is -2.29. The van der Waals surface area contributed by atoms with Crippen LogP contribution >= 0.6 is 0 Å². The van der Waals surface area contributed by atoms with Crippen LogP contribution in [0.2, 0.25) is 0 Å². The smallest absolute Gasteiger partial charge is 0.394 e. The molecule has 4 rings (SSSR count). The number of benzene rings is 3. The Labute approximate surface area is 193 Å². The Kier molecular flexibility index (Phi) is 7.99. The van der Waals surface area contributed by atoms with Gasteiger partial charge in [-0.2, -0.15) is 16.8 Å². The molecule has 3 aromatic rings. The largest absolute Gasteiger partial charge is 0.508 e. The van der Waals surface area contributed by atoms with E-state index in [0.717, 1.165) is 16.7 Å². The monoisotopic (exact) mass is 514 g/mol. The molecule has 1 aliphatic heterocycles. The number of esters is 1. The molecule has 6 N–H and O–H groups in total. The molecule has 0 unspecified atom stereocenters. The molecule has 34 heavy (non-hydrogen) atoms. The first-order valence-electron chi connectivity index (χ1n) is 8.93. The zero-order valence-electron chi connectivity index (χ0n) is 16.9. The molecule has 0 aliphatic carbocycles. The predicted molar refractivity (Wildman–Crippen MR) is 116 cm³/mol. The molecule has 12 nitrogen and oxygen atoms in total. The lowest BCUT2D eigenvalue weighted by molar-refractivity contribution is 0.0251. The first-order chi connectivity index (χ1) is 15.6. The van der Waals surface area contributed by atoms with Gasteiger partial charge in [-0.25, -0.2) is 4.79 Å². The molecular weight excluding hydrogens is 496 g/mol. The molecule has 0 spiro atoms. The maximum absolute atomic E-state index is 12.4. The third kappa shape index (κ3) is 7.24. The number of carbonyl (C=O) groups is 1. The summed E-state index contributed by atoms with van der Waals surface area (Å²) < 4.78 is 69.0. The highest BCUT2D eigenvalue weighted by Crippen LogP contribution is 2.47. The van der Waals surface area contributed by atoms with E-state index in [0.29, 0.717) is 5.56 Å². The van der Waals surface area contributed by atoms with Crippen molar-refractivity contribution in [3.8, 4) is 11.5 Å². The second-order valence-electron chi connectivity index (χ2n) is 6.61. The zero-order valence-corrected chi connectivity index (χ0v) is 18.5. The van der Waals surface area contributed by atoms with Crippen molar-refractivity contribution in [1.29, 1.82) is 0 Å². The summed E-state index contributed by atoms with van der Waals surface area (Å²) in [4.78, 5) is 12.4. The van der Waals surface area contributed by atoms with Gasteiger partial charge in [-0.3, -0.25) is 18.2 Å². The van der Waals surface area contributed by atoms with Gasteiger partial charge in [0.25, 0.3) is 0 Å². The van der Waals surface area contributed by atoms with Crippen LogP contribution < -0.4 is 0 Å². The third-order valence-electron chi connectivity index (χ3n) is 4.32. The molecule has 0 saturated carbocycles. The average molecular weight is 514 g/mol. The van der Waals surface area contributed by atoms with Crippen LogP contribution in [0.25, 0.3) is 0 Å². The standard InChI is InChI=1S/C20H14O4.2H2O4S/c21-15-9-5-13(6-10-15)20(14-7-11-16(22)12-8-14)18-4-2-1-3-17(18)19(23)24-20;2*1-5(2,3)4/h1-12,21-22H;2*(H2,1,2,3,4). The van der Waals surface area contributed by atoms with E-state index in [1.54, 1.807) is 60.7 Å². The Morgan fingerprint density at radius 2 is 0.971 bits per heavy atom. The van der Waals surface area contributed by atoms with Gasteiger partial charge >= 0.3 is 26.8 Å². The molecule has 0 bridgehead atoms. The fourth-order valence-electron chi connectivity index (χ4n) is 3.20. The summed E-state index contributed by atoms with van der Waals surface area (Å²) in [5.74, 6) is -0.124. The fraction of sp³-hybridized carbons (Fsp3) is 0.0500. The van der Waals surface area contributed by atoms with Crippen molar-refractivity contribution in [2.45, 2.75) is 5.60 Å². The number of carbonyl (C=O) groups excluding carboxylic acids is 1. The van der Waals surface area contributed by atoms with Crippen LogP contribution in [0.1, 0.15) is 27.0 Å². The minimum atomic E-state index is -4.67. The molecular formula is C20H18O12S2. The summed E-state index contributed by atoms with van der Waals surface area (Å²) in [5, 5.41) is 19.2. The van der Waals surface area contributed by atoms with Crippen LogP contribution in [0, 0.1) is 0 Å². The van der Waals surface area contributed by atoms with Crippen LogP contribution in [0.15, 0.2) is 72.8 Å². The Morgan fingerprint density at radius 3 is 1.35 bits per heavy atom. The highest BCUT2D eigenvalue weighted by atomic mass is 32.3. The molecule has 0 radical (unpaired) electrons. The van der Waals surface area contributed by atoms with E-state index >= 15 is 0 Å². The van der Waals surface area contributed by atoms with E-state index in [-0.39, 0.29) is 11.5 Å². The first-order valence-corrected chi connectivity index (χ1v) is 11.7. The average Bonchev–Trinajstić information content (AvgIpc) is 3.00. The number of fused-ring (bicyclic) bond motifs is 1. The molecule has 3 aromatic carbocycles. The fourth-order valence-corrected chi connectivity index (χ4v) is 3.20. The first kappa shape index (κ1) is 26.7. The minimum Gasteiger partial charge on any atom is -0.508 e.